The van der Waals surface area contributed by atoms with E-state index >= 15 is 0 Å². The highest BCUT2D eigenvalue weighted by Gasteiger charge is 2.31. The summed E-state index contributed by atoms with van der Waals surface area (Å²) in [7, 11) is 0. The van der Waals surface area contributed by atoms with Crippen molar-refractivity contribution in [3.63, 3.8) is 0 Å². The van der Waals surface area contributed by atoms with E-state index in [1.54, 1.807) is 12.1 Å². The fourth-order valence-electron chi connectivity index (χ4n) is 4.17. The SMILES string of the molecule is O=C(NCc1ccc(F)cc1)[C@@H]1CNC[C@H](C(=O)Nc2ccc3c(c2)CCC3)C1. The van der Waals surface area contributed by atoms with E-state index in [0.29, 0.717) is 26.1 Å². The zero-order chi connectivity index (χ0) is 20.2. The smallest absolute Gasteiger partial charge is 0.228 e. The molecule has 0 saturated carbocycles. The van der Waals surface area contributed by atoms with Gasteiger partial charge in [-0.1, -0.05) is 18.2 Å². The third-order valence-electron chi connectivity index (χ3n) is 5.84. The highest BCUT2D eigenvalue weighted by Crippen LogP contribution is 2.26. The largest absolute Gasteiger partial charge is 0.352 e. The van der Waals surface area contributed by atoms with Gasteiger partial charge in [-0.3, -0.25) is 9.59 Å². The number of fused-ring (bicyclic) bond motifs is 1. The number of anilines is 1. The number of amides is 2. The normalized spacial score (nSPS) is 20.7. The molecule has 1 saturated heterocycles. The number of rotatable bonds is 5. The first-order valence-electron chi connectivity index (χ1n) is 10.2. The van der Waals surface area contributed by atoms with Gasteiger partial charge in [-0.15, -0.1) is 0 Å². The van der Waals surface area contributed by atoms with Gasteiger partial charge in [-0.25, -0.2) is 4.39 Å². The minimum atomic E-state index is -0.297. The molecule has 5 nitrogen and oxygen atoms in total. The molecule has 1 aliphatic carbocycles. The van der Waals surface area contributed by atoms with Gasteiger partial charge in [0.25, 0.3) is 0 Å². The van der Waals surface area contributed by atoms with Gasteiger partial charge in [-0.2, -0.15) is 0 Å². The van der Waals surface area contributed by atoms with Gasteiger partial charge in [0.2, 0.25) is 11.8 Å². The maximum atomic E-state index is 13.0. The van der Waals surface area contributed by atoms with E-state index in [9.17, 15) is 14.0 Å². The topological polar surface area (TPSA) is 70.2 Å². The summed E-state index contributed by atoms with van der Waals surface area (Å²) >= 11 is 0. The average Bonchev–Trinajstić information content (AvgIpc) is 3.21. The van der Waals surface area contributed by atoms with Crippen molar-refractivity contribution in [3.8, 4) is 0 Å². The number of carbonyl (C=O) groups excluding carboxylic acids is 2. The molecule has 0 spiro atoms. The summed E-state index contributed by atoms with van der Waals surface area (Å²) in [6, 6.07) is 12.2. The molecule has 2 aromatic carbocycles. The monoisotopic (exact) mass is 395 g/mol. The summed E-state index contributed by atoms with van der Waals surface area (Å²) in [5.74, 6) is -0.948. The molecule has 0 aromatic heterocycles. The van der Waals surface area contributed by atoms with Crippen molar-refractivity contribution in [2.45, 2.75) is 32.2 Å². The van der Waals surface area contributed by atoms with E-state index in [2.05, 4.69) is 28.1 Å². The number of halogens is 1. The summed E-state index contributed by atoms with van der Waals surface area (Å²) in [5.41, 5.74) is 4.37. The molecule has 29 heavy (non-hydrogen) atoms. The number of hydrogen-bond donors (Lipinski definition) is 3. The molecule has 2 aromatic rings. The lowest BCUT2D eigenvalue weighted by atomic mass is 9.89. The Morgan fingerprint density at radius 2 is 1.69 bits per heavy atom. The van der Waals surface area contributed by atoms with Gasteiger partial charge in [0.15, 0.2) is 0 Å². The Morgan fingerprint density at radius 1 is 0.966 bits per heavy atom. The van der Waals surface area contributed by atoms with Crippen LogP contribution in [0.2, 0.25) is 0 Å². The van der Waals surface area contributed by atoms with Crippen molar-refractivity contribution in [2.75, 3.05) is 18.4 Å². The molecule has 2 aliphatic rings. The van der Waals surface area contributed by atoms with Crippen LogP contribution in [0, 0.1) is 17.7 Å². The average molecular weight is 395 g/mol. The van der Waals surface area contributed by atoms with Crippen molar-refractivity contribution in [1.82, 2.24) is 10.6 Å². The highest BCUT2D eigenvalue weighted by molar-refractivity contribution is 5.93. The number of aryl methyl sites for hydroxylation is 2. The molecule has 2 amide bonds. The highest BCUT2D eigenvalue weighted by atomic mass is 19.1. The van der Waals surface area contributed by atoms with Crippen LogP contribution in [0.5, 0.6) is 0 Å². The first-order valence-corrected chi connectivity index (χ1v) is 10.2. The zero-order valence-corrected chi connectivity index (χ0v) is 16.3. The quantitative estimate of drug-likeness (QED) is 0.729. The van der Waals surface area contributed by atoms with Crippen molar-refractivity contribution in [2.24, 2.45) is 11.8 Å². The Balaban J connectivity index is 1.30. The third-order valence-corrected chi connectivity index (χ3v) is 5.84. The lowest BCUT2D eigenvalue weighted by Gasteiger charge is -2.28. The lowest BCUT2D eigenvalue weighted by molar-refractivity contribution is -0.127. The Kier molecular flexibility index (Phi) is 5.90. The molecular formula is C23H26FN3O2. The Hall–Kier alpha value is -2.73. The number of benzene rings is 2. The van der Waals surface area contributed by atoms with Gasteiger partial charge in [0.1, 0.15) is 5.82 Å². The summed E-state index contributed by atoms with van der Waals surface area (Å²) in [6.07, 6.45) is 3.87. The van der Waals surface area contributed by atoms with Gasteiger partial charge < -0.3 is 16.0 Å². The standard InChI is InChI=1S/C23H26FN3O2/c24-20-7-4-15(5-8-20)12-26-22(28)18-10-19(14-25-13-18)23(29)27-21-9-6-16-2-1-3-17(16)11-21/h4-9,11,18-19,25H,1-3,10,12-14H2,(H,26,28)(H,27,29)/t18-,19+/m0/s1. The van der Waals surface area contributed by atoms with Crippen LogP contribution in [0.4, 0.5) is 10.1 Å². The van der Waals surface area contributed by atoms with Gasteiger partial charge in [-0.05, 0) is 66.6 Å². The van der Waals surface area contributed by atoms with E-state index < -0.39 is 0 Å². The molecule has 0 bridgehead atoms. The zero-order valence-electron chi connectivity index (χ0n) is 16.3. The Morgan fingerprint density at radius 3 is 2.48 bits per heavy atom. The summed E-state index contributed by atoms with van der Waals surface area (Å²) in [5, 5.41) is 9.12. The first kappa shape index (κ1) is 19.6. The number of piperidine rings is 1. The summed E-state index contributed by atoms with van der Waals surface area (Å²) in [4.78, 5) is 25.3. The van der Waals surface area contributed by atoms with Crippen LogP contribution in [0.1, 0.15) is 29.5 Å². The molecule has 0 radical (unpaired) electrons. The van der Waals surface area contributed by atoms with Gasteiger partial charge >= 0.3 is 0 Å². The van der Waals surface area contributed by atoms with E-state index in [1.807, 2.05) is 6.07 Å². The minimum absolute atomic E-state index is 0.0496. The van der Waals surface area contributed by atoms with E-state index in [1.165, 1.54) is 29.7 Å². The molecule has 4 rings (SSSR count). The molecule has 2 atom stereocenters. The second-order valence-corrected chi connectivity index (χ2v) is 7.96. The Labute approximate surface area is 170 Å². The predicted molar refractivity (Wildman–Crippen MR) is 110 cm³/mol. The molecule has 1 heterocycles. The molecule has 6 heteroatoms. The van der Waals surface area contributed by atoms with Crippen LogP contribution in [0.25, 0.3) is 0 Å². The fourth-order valence-corrected chi connectivity index (χ4v) is 4.17. The maximum absolute atomic E-state index is 13.0. The van der Waals surface area contributed by atoms with Crippen LogP contribution in [-0.4, -0.2) is 24.9 Å². The lowest BCUT2D eigenvalue weighted by Crippen LogP contribution is -2.47. The molecule has 152 valence electrons. The Bertz CT molecular complexity index is 897. The second kappa shape index (κ2) is 8.74. The first-order chi connectivity index (χ1) is 14.1. The van der Waals surface area contributed by atoms with Crippen LogP contribution in [-0.2, 0) is 29.0 Å². The van der Waals surface area contributed by atoms with E-state index in [0.717, 1.165) is 24.1 Å². The second-order valence-electron chi connectivity index (χ2n) is 7.96. The van der Waals surface area contributed by atoms with E-state index in [4.69, 9.17) is 0 Å². The van der Waals surface area contributed by atoms with Crippen LogP contribution < -0.4 is 16.0 Å². The molecule has 1 fully saturated rings. The molecule has 3 N–H and O–H groups in total. The van der Waals surface area contributed by atoms with Crippen LogP contribution in [0.3, 0.4) is 0 Å². The molecular weight excluding hydrogens is 369 g/mol. The summed E-state index contributed by atoms with van der Waals surface area (Å²) < 4.78 is 13.0. The van der Waals surface area contributed by atoms with Crippen molar-refractivity contribution < 1.29 is 14.0 Å². The van der Waals surface area contributed by atoms with Crippen molar-refractivity contribution >= 4 is 17.5 Å². The summed E-state index contributed by atoms with van der Waals surface area (Å²) in [6.45, 7) is 1.47. The van der Waals surface area contributed by atoms with Crippen molar-refractivity contribution in [1.29, 1.82) is 0 Å². The van der Waals surface area contributed by atoms with Crippen LogP contribution in [0.15, 0.2) is 42.5 Å². The maximum Gasteiger partial charge on any atom is 0.228 e. The number of nitrogens with one attached hydrogen (secondary N) is 3. The molecule has 0 unspecified atom stereocenters. The number of hydrogen-bond acceptors (Lipinski definition) is 3. The molecule has 1 aliphatic heterocycles. The third kappa shape index (κ3) is 4.82. The van der Waals surface area contributed by atoms with Crippen molar-refractivity contribution in [3.05, 3.63) is 65.0 Å². The van der Waals surface area contributed by atoms with Crippen LogP contribution >= 0.6 is 0 Å². The fraction of sp³-hybridized carbons (Fsp3) is 0.391. The number of carbonyl (C=O) groups is 2. The predicted octanol–water partition coefficient (Wildman–Crippen LogP) is 2.80. The van der Waals surface area contributed by atoms with Gasteiger partial charge in [0, 0.05) is 25.3 Å². The minimum Gasteiger partial charge on any atom is -0.352 e. The van der Waals surface area contributed by atoms with Gasteiger partial charge in [0.05, 0.1) is 11.8 Å². The van der Waals surface area contributed by atoms with E-state index in [-0.39, 0.29) is 29.5 Å².